The van der Waals surface area contributed by atoms with Gasteiger partial charge in [-0.1, -0.05) is 61.2 Å². The summed E-state index contributed by atoms with van der Waals surface area (Å²) in [6.45, 7) is 16.9. The van der Waals surface area contributed by atoms with Crippen molar-refractivity contribution in [2.75, 3.05) is 55.5 Å². The van der Waals surface area contributed by atoms with E-state index in [4.69, 9.17) is 64.1 Å². The number of nitrogen functional groups attached to an aromatic ring is 1. The van der Waals surface area contributed by atoms with Crippen molar-refractivity contribution in [1.82, 2.24) is 0 Å². The average molecular weight is 1320 g/mol. The summed E-state index contributed by atoms with van der Waals surface area (Å²) in [5, 5.41) is 45.4. The SMILES string of the molecule is C=C(C)Oc1ccccc1C(C)=O.CC(=O)c1c(O)cc(O)cc1O.CC(=O)c1ccccc1N.CC(=O)c1ccccc1O.COc1cc(OC)c(C(C)=O)c(OC)c1.COc1ccc(C(C)=O)c(OC)c1.COc1cccc(O)c1C(C)=O.COc1ccccc1C(C)=O. The monoisotopic (exact) mass is 1320 g/mol. The van der Waals surface area contributed by atoms with E-state index in [1.807, 2.05) is 30.3 Å². The van der Waals surface area contributed by atoms with Gasteiger partial charge < -0.3 is 69.2 Å². The lowest BCUT2D eigenvalue weighted by atomic mass is 10.1. The molecular formula is C74H83NO21. The van der Waals surface area contributed by atoms with E-state index < -0.39 is 17.3 Å². The first-order valence-corrected chi connectivity index (χ1v) is 28.7. The van der Waals surface area contributed by atoms with Crippen LogP contribution in [0.4, 0.5) is 5.69 Å². The van der Waals surface area contributed by atoms with Crippen LogP contribution in [0, 0.1) is 0 Å². The van der Waals surface area contributed by atoms with Crippen molar-refractivity contribution >= 4 is 52.0 Å². The van der Waals surface area contributed by atoms with Crippen LogP contribution in [-0.4, -0.2) is 122 Å². The molecule has 0 amide bonds. The number of hydrogen-bond donors (Lipinski definition) is 6. The zero-order chi connectivity index (χ0) is 72.9. The number of benzene rings is 8. The zero-order valence-corrected chi connectivity index (χ0v) is 56.6. The van der Waals surface area contributed by atoms with Gasteiger partial charge in [0.05, 0.1) is 77.8 Å². The number of nitrogens with two attached hydrogens (primary N) is 1. The number of rotatable bonds is 17. The van der Waals surface area contributed by atoms with E-state index in [0.717, 1.165) is 12.1 Å². The van der Waals surface area contributed by atoms with Crippen molar-refractivity contribution in [3.05, 3.63) is 215 Å². The normalized spacial score (nSPS) is 9.46. The highest BCUT2D eigenvalue weighted by Crippen LogP contribution is 2.35. The maximum absolute atomic E-state index is 11.4. The summed E-state index contributed by atoms with van der Waals surface area (Å²) >= 11 is 0. The number of ether oxygens (including phenoxy) is 8. The van der Waals surface area contributed by atoms with Crippen LogP contribution in [0.3, 0.4) is 0 Å². The second-order valence-corrected chi connectivity index (χ2v) is 19.7. The second-order valence-electron chi connectivity index (χ2n) is 19.7. The van der Waals surface area contributed by atoms with Gasteiger partial charge >= 0.3 is 0 Å². The first-order chi connectivity index (χ1) is 45.3. The summed E-state index contributed by atoms with van der Waals surface area (Å²) in [7, 11) is 10.7. The van der Waals surface area contributed by atoms with E-state index in [0.29, 0.717) is 90.8 Å². The number of ketones is 8. The Labute approximate surface area is 558 Å². The number of carbonyl (C=O) groups is 8. The maximum Gasteiger partial charge on any atom is 0.167 e. The van der Waals surface area contributed by atoms with Crippen molar-refractivity contribution in [3.63, 3.8) is 0 Å². The molecule has 0 aromatic heterocycles. The van der Waals surface area contributed by atoms with Crippen molar-refractivity contribution in [2.24, 2.45) is 0 Å². The largest absolute Gasteiger partial charge is 0.508 e. The fourth-order valence-corrected chi connectivity index (χ4v) is 8.00. The molecule has 0 spiro atoms. The van der Waals surface area contributed by atoms with E-state index >= 15 is 0 Å². The molecule has 0 aliphatic rings. The number of carbonyl (C=O) groups excluding carboxylic acids is 8. The topological polar surface area (TPSA) is 338 Å². The Bertz CT molecular complexity index is 3860. The lowest BCUT2D eigenvalue weighted by Crippen LogP contribution is -2.02. The molecule has 8 rings (SSSR count). The molecule has 22 heteroatoms. The number of methoxy groups -OCH3 is 7. The van der Waals surface area contributed by atoms with Gasteiger partial charge in [0, 0.05) is 41.6 Å². The molecule has 0 radical (unpaired) electrons. The molecule has 510 valence electrons. The van der Waals surface area contributed by atoms with Crippen molar-refractivity contribution in [1.29, 1.82) is 0 Å². The molecule has 0 saturated carbocycles. The highest BCUT2D eigenvalue weighted by atomic mass is 16.5. The molecular weight excluding hydrogens is 1240 g/mol. The lowest BCUT2D eigenvalue weighted by molar-refractivity contribution is 0.0998. The van der Waals surface area contributed by atoms with Gasteiger partial charge in [0.1, 0.15) is 91.4 Å². The Hall–Kier alpha value is -11.9. The third kappa shape index (κ3) is 27.1. The smallest absolute Gasteiger partial charge is 0.167 e. The highest BCUT2D eigenvalue weighted by Gasteiger charge is 2.18. The fourth-order valence-electron chi connectivity index (χ4n) is 8.00. The van der Waals surface area contributed by atoms with Crippen LogP contribution in [0.25, 0.3) is 0 Å². The summed E-state index contributed by atoms with van der Waals surface area (Å²) in [6, 6.07) is 43.0. The molecule has 0 bridgehead atoms. The van der Waals surface area contributed by atoms with Crippen molar-refractivity contribution < 1.29 is 102 Å². The van der Waals surface area contributed by atoms with Crippen molar-refractivity contribution in [2.45, 2.75) is 62.3 Å². The Kier molecular flexibility index (Phi) is 36.1. The second kappa shape index (κ2) is 42.2. The summed E-state index contributed by atoms with van der Waals surface area (Å²) in [5.74, 6) is 2.97. The highest BCUT2D eigenvalue weighted by molar-refractivity contribution is 6.02. The van der Waals surface area contributed by atoms with Crippen molar-refractivity contribution in [3.8, 4) is 74.7 Å². The first kappa shape index (κ1) is 82.1. The predicted molar refractivity (Wildman–Crippen MR) is 366 cm³/mol. The van der Waals surface area contributed by atoms with Gasteiger partial charge in [-0.05, 0) is 135 Å². The molecule has 0 aliphatic heterocycles. The summed E-state index contributed by atoms with van der Waals surface area (Å²) in [5.41, 5.74) is 9.32. The summed E-state index contributed by atoms with van der Waals surface area (Å²) in [6.07, 6.45) is 0. The van der Waals surface area contributed by atoms with E-state index in [1.165, 1.54) is 96.0 Å². The zero-order valence-electron chi connectivity index (χ0n) is 56.6. The average Bonchev–Trinajstić information content (AvgIpc) is 0.890. The maximum atomic E-state index is 11.4. The van der Waals surface area contributed by atoms with E-state index in [1.54, 1.807) is 131 Å². The standard InChI is InChI=1S/C11H14O4.C11H12O2.C10H12O3.C9H10O3.C9H10O2.C8H9NO.C8H8O4.C8H8O2/c1-7(12)11-9(14-3)5-8(13-2)6-10(11)15-4;1-8(2)13-11-7-5-4-6-10(11)9(3)12;1-7(11)9-5-4-8(12-2)6-10(9)13-3;1-6(10)9-7(11)4-3-5-8(9)12-2;1-7(10)8-5-3-4-6-9(8)11-2;1-6(10)7-4-2-3-5-8(7)9;1-4(9)8-6(11)2-5(10)3-7(8)12;1-6(9)7-4-2-3-5-8(7)10/h5-6H,1-4H3;4-7H,1H2,2-3H3;4-6H,1-3H3;3-5,11H,1-2H3;3-6H,1-2H3;2-5H,9H2,1H3;2-3,10-12H,1H3;2-5,10H,1H3. The first-order valence-electron chi connectivity index (χ1n) is 28.7. The van der Waals surface area contributed by atoms with E-state index in [2.05, 4.69) is 6.58 Å². The van der Waals surface area contributed by atoms with E-state index in [9.17, 15) is 43.5 Å². The molecule has 0 unspecified atom stereocenters. The molecule has 22 nitrogen and oxygen atoms in total. The van der Waals surface area contributed by atoms with Crippen LogP contribution in [0.2, 0.25) is 0 Å². The van der Waals surface area contributed by atoms with Gasteiger partial charge in [0.15, 0.2) is 46.3 Å². The number of phenolic OH excluding ortho intramolecular Hbond substituents is 5. The number of anilines is 1. The van der Waals surface area contributed by atoms with Gasteiger partial charge in [-0.2, -0.15) is 0 Å². The molecule has 8 aromatic carbocycles. The Morgan fingerprint density at radius 2 is 0.656 bits per heavy atom. The number of phenols is 5. The lowest BCUT2D eigenvalue weighted by Gasteiger charge is -2.12. The van der Waals surface area contributed by atoms with Crippen LogP contribution in [0.15, 0.2) is 170 Å². The van der Waals surface area contributed by atoms with Crippen LogP contribution >= 0.6 is 0 Å². The van der Waals surface area contributed by atoms with Gasteiger partial charge in [0.25, 0.3) is 0 Å². The van der Waals surface area contributed by atoms with Gasteiger partial charge in [-0.3, -0.25) is 38.4 Å². The minimum Gasteiger partial charge on any atom is -0.508 e. The van der Waals surface area contributed by atoms with Crippen LogP contribution in [0.1, 0.15) is 145 Å². The van der Waals surface area contributed by atoms with Gasteiger partial charge in [-0.15, -0.1) is 0 Å². The Morgan fingerprint density at radius 3 is 1.01 bits per heavy atom. The molecule has 0 atom stereocenters. The third-order valence-corrected chi connectivity index (χ3v) is 12.5. The number of hydrogen-bond acceptors (Lipinski definition) is 22. The number of allylic oxidation sites excluding steroid dienone is 1. The fraction of sp³-hybridized carbons (Fsp3) is 0.216. The van der Waals surface area contributed by atoms with E-state index in [-0.39, 0.29) is 68.9 Å². The summed E-state index contributed by atoms with van der Waals surface area (Å²) < 4.78 is 40.5. The Balaban J connectivity index is 0.000000550. The number of para-hydroxylation sites is 4. The third-order valence-electron chi connectivity index (χ3n) is 12.5. The molecule has 8 aromatic rings. The van der Waals surface area contributed by atoms with Crippen LogP contribution in [0.5, 0.6) is 74.7 Å². The minimum absolute atomic E-state index is 0.00292. The molecule has 0 fully saturated rings. The minimum atomic E-state index is -0.454. The van der Waals surface area contributed by atoms with Gasteiger partial charge in [0.2, 0.25) is 0 Å². The quantitative estimate of drug-likeness (QED) is 0.0280. The predicted octanol–water partition coefficient (Wildman–Crippen LogP) is 14.2. The molecule has 0 saturated heterocycles. The molecule has 0 heterocycles. The van der Waals surface area contributed by atoms with Crippen LogP contribution in [-0.2, 0) is 0 Å². The Morgan fingerprint density at radius 1 is 0.302 bits per heavy atom. The molecule has 7 N–H and O–H groups in total. The molecule has 0 aliphatic carbocycles. The van der Waals surface area contributed by atoms with Crippen LogP contribution < -0.4 is 43.6 Å². The summed E-state index contributed by atoms with van der Waals surface area (Å²) in [4.78, 5) is 87.9. The number of aromatic hydroxyl groups is 5. The number of Topliss-reactive ketones (excluding diaryl/α,β-unsaturated/α-hetero) is 8. The molecule has 96 heavy (non-hydrogen) atoms. The van der Waals surface area contributed by atoms with Gasteiger partial charge in [-0.25, -0.2) is 0 Å².